The molecular weight excluding hydrogens is 420 g/mol. The lowest BCUT2D eigenvalue weighted by atomic mass is 9.78. The first kappa shape index (κ1) is 20.3. The van der Waals surface area contributed by atoms with E-state index in [1.807, 2.05) is 47.8 Å². The van der Waals surface area contributed by atoms with E-state index in [0.29, 0.717) is 29.8 Å². The van der Waals surface area contributed by atoms with Crippen LogP contribution in [0.3, 0.4) is 0 Å². The van der Waals surface area contributed by atoms with Crippen LogP contribution in [0.1, 0.15) is 30.7 Å². The molecule has 5 nitrogen and oxygen atoms in total. The summed E-state index contributed by atoms with van der Waals surface area (Å²) in [7, 11) is 0. The van der Waals surface area contributed by atoms with Crippen LogP contribution in [0.25, 0.3) is 22.4 Å². The van der Waals surface area contributed by atoms with Gasteiger partial charge in [0.15, 0.2) is 5.76 Å². The lowest BCUT2D eigenvalue weighted by Crippen LogP contribution is -2.18. The zero-order chi connectivity index (χ0) is 22.0. The van der Waals surface area contributed by atoms with Crippen molar-refractivity contribution in [2.75, 3.05) is 0 Å². The minimum absolute atomic E-state index is 0.0816. The van der Waals surface area contributed by atoms with Crippen molar-refractivity contribution < 1.29 is 13.7 Å². The fraction of sp³-hybridized carbons (Fsp3) is 0.154. The zero-order valence-electron chi connectivity index (χ0n) is 17.8. The smallest absolute Gasteiger partial charge is 0.293 e. The Morgan fingerprint density at radius 1 is 0.875 bits per heavy atom. The SMILES string of the molecule is CC(C)(c1ccccc1)c1ccc(OCc2ccc(-c3nc(-c4cccs4)no3)o2)cc1. The molecule has 0 aliphatic rings. The van der Waals surface area contributed by atoms with Gasteiger partial charge >= 0.3 is 0 Å². The van der Waals surface area contributed by atoms with E-state index in [1.54, 1.807) is 11.3 Å². The molecule has 0 aliphatic heterocycles. The first-order chi connectivity index (χ1) is 15.6. The molecule has 32 heavy (non-hydrogen) atoms. The maximum atomic E-state index is 5.92. The topological polar surface area (TPSA) is 61.3 Å². The Balaban J connectivity index is 1.24. The molecule has 0 saturated heterocycles. The van der Waals surface area contributed by atoms with E-state index in [4.69, 9.17) is 13.7 Å². The minimum Gasteiger partial charge on any atom is -0.486 e. The summed E-state index contributed by atoms with van der Waals surface area (Å²) >= 11 is 1.56. The molecule has 3 heterocycles. The first-order valence-corrected chi connectivity index (χ1v) is 11.2. The molecule has 0 radical (unpaired) electrons. The van der Waals surface area contributed by atoms with Crippen LogP contribution in [0, 0.1) is 0 Å². The second kappa shape index (κ2) is 8.48. The highest BCUT2D eigenvalue weighted by atomic mass is 32.1. The van der Waals surface area contributed by atoms with E-state index in [2.05, 4.69) is 60.4 Å². The molecule has 0 fully saturated rings. The van der Waals surface area contributed by atoms with Gasteiger partial charge in [-0.05, 0) is 46.8 Å². The normalized spacial score (nSPS) is 11.6. The van der Waals surface area contributed by atoms with Gasteiger partial charge in [0.25, 0.3) is 5.89 Å². The van der Waals surface area contributed by atoms with Gasteiger partial charge in [-0.25, -0.2) is 0 Å². The molecule has 0 spiro atoms. The summed E-state index contributed by atoms with van der Waals surface area (Å²) in [6.45, 7) is 4.77. The summed E-state index contributed by atoms with van der Waals surface area (Å²) in [5, 5.41) is 6.00. The number of nitrogens with zero attached hydrogens (tertiary/aromatic N) is 2. The monoisotopic (exact) mass is 442 g/mol. The van der Waals surface area contributed by atoms with Crippen LogP contribution < -0.4 is 4.74 Å². The van der Waals surface area contributed by atoms with Gasteiger partial charge in [-0.15, -0.1) is 11.3 Å². The van der Waals surface area contributed by atoms with Crippen molar-refractivity contribution in [1.82, 2.24) is 10.1 Å². The number of aromatic nitrogens is 2. The Bertz CT molecular complexity index is 1290. The Hall–Kier alpha value is -3.64. The van der Waals surface area contributed by atoms with Gasteiger partial charge in [0.2, 0.25) is 5.82 Å². The van der Waals surface area contributed by atoms with Gasteiger partial charge in [0.1, 0.15) is 18.1 Å². The third-order valence-corrected chi connectivity index (χ3v) is 6.36. The predicted molar refractivity (Wildman–Crippen MR) is 125 cm³/mol. The lowest BCUT2D eigenvalue weighted by Gasteiger charge is -2.26. The van der Waals surface area contributed by atoms with Gasteiger partial charge in [-0.1, -0.05) is 67.5 Å². The van der Waals surface area contributed by atoms with Gasteiger partial charge in [0, 0.05) is 5.41 Å². The van der Waals surface area contributed by atoms with Crippen molar-refractivity contribution in [1.29, 1.82) is 0 Å². The molecule has 2 aromatic carbocycles. The third-order valence-electron chi connectivity index (χ3n) is 5.49. The molecule has 0 bridgehead atoms. The fourth-order valence-corrected chi connectivity index (χ4v) is 4.19. The van der Waals surface area contributed by atoms with Crippen molar-refractivity contribution in [2.45, 2.75) is 25.9 Å². The first-order valence-electron chi connectivity index (χ1n) is 10.4. The van der Waals surface area contributed by atoms with E-state index < -0.39 is 0 Å². The fourth-order valence-electron chi connectivity index (χ4n) is 3.54. The van der Waals surface area contributed by atoms with Crippen LogP contribution in [0.5, 0.6) is 5.75 Å². The number of ether oxygens (including phenoxy) is 1. The van der Waals surface area contributed by atoms with E-state index in [1.165, 1.54) is 11.1 Å². The van der Waals surface area contributed by atoms with Gasteiger partial charge in [-0.3, -0.25) is 0 Å². The maximum Gasteiger partial charge on any atom is 0.293 e. The van der Waals surface area contributed by atoms with E-state index >= 15 is 0 Å². The maximum absolute atomic E-state index is 5.92. The van der Waals surface area contributed by atoms with E-state index in [-0.39, 0.29) is 5.41 Å². The summed E-state index contributed by atoms with van der Waals surface area (Å²) < 4.78 is 17.1. The van der Waals surface area contributed by atoms with Crippen LogP contribution in [-0.2, 0) is 12.0 Å². The van der Waals surface area contributed by atoms with Crippen molar-refractivity contribution in [3.8, 4) is 28.1 Å². The van der Waals surface area contributed by atoms with E-state index in [9.17, 15) is 0 Å². The Morgan fingerprint density at radius 2 is 1.66 bits per heavy atom. The molecule has 0 atom stereocenters. The molecule has 0 amide bonds. The predicted octanol–water partition coefficient (Wildman–Crippen LogP) is 6.96. The van der Waals surface area contributed by atoms with Crippen LogP contribution in [0.4, 0.5) is 0 Å². The van der Waals surface area contributed by atoms with Crippen molar-refractivity contribution in [3.63, 3.8) is 0 Å². The number of thiophene rings is 1. The molecule has 0 aliphatic carbocycles. The highest BCUT2D eigenvalue weighted by Gasteiger charge is 2.22. The quantitative estimate of drug-likeness (QED) is 0.272. The van der Waals surface area contributed by atoms with Crippen molar-refractivity contribution >= 4 is 11.3 Å². The second-order valence-corrected chi connectivity index (χ2v) is 8.92. The molecule has 0 saturated carbocycles. The molecule has 0 unspecified atom stereocenters. The largest absolute Gasteiger partial charge is 0.486 e. The zero-order valence-corrected chi connectivity index (χ0v) is 18.6. The van der Waals surface area contributed by atoms with Gasteiger partial charge in [0.05, 0.1) is 4.88 Å². The summed E-state index contributed by atoms with van der Waals surface area (Å²) in [5.74, 6) is 2.91. The number of benzene rings is 2. The number of hydrogen-bond donors (Lipinski definition) is 0. The van der Waals surface area contributed by atoms with Gasteiger partial charge < -0.3 is 13.7 Å². The highest BCUT2D eigenvalue weighted by molar-refractivity contribution is 7.13. The Kier molecular flexibility index (Phi) is 5.37. The molecule has 5 aromatic rings. The number of furan rings is 1. The van der Waals surface area contributed by atoms with Crippen LogP contribution >= 0.6 is 11.3 Å². The third kappa shape index (κ3) is 4.09. The number of rotatable bonds is 7. The van der Waals surface area contributed by atoms with Gasteiger partial charge in [-0.2, -0.15) is 4.98 Å². The van der Waals surface area contributed by atoms with Crippen LogP contribution in [0.2, 0.25) is 0 Å². The Morgan fingerprint density at radius 3 is 2.41 bits per heavy atom. The van der Waals surface area contributed by atoms with Crippen LogP contribution in [-0.4, -0.2) is 10.1 Å². The summed E-state index contributed by atoms with van der Waals surface area (Å²) in [5.41, 5.74) is 2.43. The van der Waals surface area contributed by atoms with E-state index in [0.717, 1.165) is 10.6 Å². The molecule has 0 N–H and O–H groups in total. The summed E-state index contributed by atoms with van der Waals surface area (Å²) in [6.07, 6.45) is 0. The summed E-state index contributed by atoms with van der Waals surface area (Å²) in [4.78, 5) is 5.36. The summed E-state index contributed by atoms with van der Waals surface area (Å²) in [6, 6.07) is 26.3. The molecule has 3 aromatic heterocycles. The Labute approximate surface area is 190 Å². The van der Waals surface area contributed by atoms with Crippen LogP contribution in [0.15, 0.2) is 93.2 Å². The minimum atomic E-state index is -0.0816. The molecule has 6 heteroatoms. The average Bonchev–Trinajstić information content (AvgIpc) is 3.60. The van der Waals surface area contributed by atoms with Crippen molar-refractivity contribution in [2.24, 2.45) is 0 Å². The molecule has 5 rings (SSSR count). The lowest BCUT2D eigenvalue weighted by molar-refractivity contribution is 0.270. The molecule has 160 valence electrons. The molecular formula is C26H22N2O3S. The second-order valence-electron chi connectivity index (χ2n) is 7.97. The highest BCUT2D eigenvalue weighted by Crippen LogP contribution is 2.32. The number of hydrogen-bond acceptors (Lipinski definition) is 6. The average molecular weight is 443 g/mol. The van der Waals surface area contributed by atoms with Crippen molar-refractivity contribution in [3.05, 3.63) is 101 Å². The standard InChI is InChI=1S/C26H22N2O3S/c1-26(2,18-7-4-3-5-8-18)19-10-12-20(13-11-19)29-17-21-14-15-22(30-21)25-27-24(28-31-25)23-9-6-16-32-23/h3-16H,17H2,1-2H3.